The molecule has 0 saturated heterocycles. The molecule has 3 aromatic rings. The van der Waals surface area contributed by atoms with Gasteiger partial charge in [-0.1, -0.05) is 24.3 Å². The molecule has 0 aliphatic rings. The predicted octanol–water partition coefficient (Wildman–Crippen LogP) is 4.90. The summed E-state index contributed by atoms with van der Waals surface area (Å²) in [6.45, 7) is 4.34. The molecular weight excluding hydrogens is 419 g/mol. The van der Waals surface area contributed by atoms with E-state index in [0.29, 0.717) is 29.8 Å². The first-order chi connectivity index (χ1) is 14.1. The van der Waals surface area contributed by atoms with Gasteiger partial charge >= 0.3 is 6.18 Å². The van der Waals surface area contributed by atoms with E-state index in [4.69, 9.17) is 0 Å². The standard InChI is InChI=1S/C18H14F3NO2S.C3H6O2/c1-13-7-8-15(18(19,20)21)11-17(13)14-9-10-22(12-14)25(23,24)16-5-3-2-4-6-16;1-2-5-3-4/h2-12H,1H3;3H,2H2,1H3. The third-order valence-electron chi connectivity index (χ3n) is 4.10. The molecule has 1 heterocycles. The van der Waals surface area contributed by atoms with Gasteiger partial charge in [0.2, 0.25) is 0 Å². The van der Waals surface area contributed by atoms with Crippen LogP contribution in [-0.2, 0) is 25.7 Å². The molecular formula is C21H20F3NO4S. The largest absolute Gasteiger partial charge is 0.468 e. The SMILES string of the molecule is CCOC=O.Cc1ccc(C(F)(F)F)cc1-c1ccn(S(=O)(=O)c2ccccc2)c1. The minimum absolute atomic E-state index is 0.109. The second kappa shape index (κ2) is 9.62. The molecule has 0 spiro atoms. The molecule has 0 saturated carbocycles. The molecule has 0 amide bonds. The summed E-state index contributed by atoms with van der Waals surface area (Å²) in [5.74, 6) is 0. The lowest BCUT2D eigenvalue weighted by atomic mass is 10.00. The van der Waals surface area contributed by atoms with Crippen molar-refractivity contribution in [3.05, 3.63) is 78.1 Å². The lowest BCUT2D eigenvalue weighted by Crippen LogP contribution is -2.10. The van der Waals surface area contributed by atoms with Crippen LogP contribution in [0.4, 0.5) is 13.2 Å². The van der Waals surface area contributed by atoms with Crippen molar-refractivity contribution >= 4 is 16.5 Å². The summed E-state index contributed by atoms with van der Waals surface area (Å²) >= 11 is 0. The van der Waals surface area contributed by atoms with Crippen molar-refractivity contribution in [3.8, 4) is 11.1 Å². The van der Waals surface area contributed by atoms with Gasteiger partial charge in [0.25, 0.3) is 16.5 Å². The average molecular weight is 439 g/mol. The Kier molecular flexibility index (Phi) is 7.44. The molecule has 9 heteroatoms. The van der Waals surface area contributed by atoms with Gasteiger partial charge in [-0.3, -0.25) is 4.79 Å². The van der Waals surface area contributed by atoms with E-state index in [-0.39, 0.29) is 4.90 Å². The van der Waals surface area contributed by atoms with Gasteiger partial charge in [0.15, 0.2) is 0 Å². The van der Waals surface area contributed by atoms with Crippen molar-refractivity contribution < 1.29 is 31.1 Å². The number of carbonyl (C=O) groups is 1. The van der Waals surface area contributed by atoms with Crippen molar-refractivity contribution in [3.63, 3.8) is 0 Å². The van der Waals surface area contributed by atoms with Crippen LogP contribution in [0.2, 0.25) is 0 Å². The lowest BCUT2D eigenvalue weighted by molar-refractivity contribution is -0.137. The minimum atomic E-state index is -4.46. The van der Waals surface area contributed by atoms with E-state index in [0.717, 1.165) is 16.1 Å². The highest BCUT2D eigenvalue weighted by molar-refractivity contribution is 7.90. The summed E-state index contributed by atoms with van der Waals surface area (Å²) in [6.07, 6.45) is -1.80. The molecule has 0 radical (unpaired) electrons. The smallest absolute Gasteiger partial charge is 0.416 e. The molecule has 0 N–H and O–H groups in total. The number of benzene rings is 2. The van der Waals surface area contributed by atoms with E-state index in [9.17, 15) is 26.4 Å². The first kappa shape index (κ1) is 23.2. The Hall–Kier alpha value is -3.07. The fourth-order valence-electron chi connectivity index (χ4n) is 2.58. The number of halogens is 3. The van der Waals surface area contributed by atoms with Gasteiger partial charge in [0, 0.05) is 18.0 Å². The summed E-state index contributed by atoms with van der Waals surface area (Å²) in [6, 6.07) is 12.7. The molecule has 3 rings (SSSR count). The molecule has 0 aliphatic carbocycles. The van der Waals surface area contributed by atoms with Gasteiger partial charge in [-0.05, 0) is 55.3 Å². The lowest BCUT2D eigenvalue weighted by Gasteiger charge is -2.10. The van der Waals surface area contributed by atoms with Gasteiger partial charge in [-0.2, -0.15) is 13.2 Å². The number of carbonyl (C=O) groups excluding carboxylic acids is 1. The van der Waals surface area contributed by atoms with Crippen LogP contribution in [0.25, 0.3) is 11.1 Å². The van der Waals surface area contributed by atoms with Gasteiger partial charge in [-0.25, -0.2) is 12.4 Å². The van der Waals surface area contributed by atoms with E-state index < -0.39 is 21.8 Å². The fourth-order valence-corrected chi connectivity index (χ4v) is 3.80. The highest BCUT2D eigenvalue weighted by Gasteiger charge is 2.31. The van der Waals surface area contributed by atoms with Crippen LogP contribution >= 0.6 is 0 Å². The summed E-state index contributed by atoms with van der Waals surface area (Å²) in [5.41, 5.74) is 0.606. The van der Waals surface area contributed by atoms with Crippen LogP contribution in [0.1, 0.15) is 18.1 Å². The van der Waals surface area contributed by atoms with Crippen LogP contribution in [-0.4, -0.2) is 25.5 Å². The number of alkyl halides is 3. The Balaban J connectivity index is 0.000000575. The van der Waals surface area contributed by atoms with Crippen LogP contribution in [0.5, 0.6) is 0 Å². The number of hydrogen-bond donors (Lipinski definition) is 0. The zero-order valence-electron chi connectivity index (χ0n) is 16.3. The van der Waals surface area contributed by atoms with Gasteiger partial charge < -0.3 is 4.74 Å². The van der Waals surface area contributed by atoms with E-state index in [2.05, 4.69) is 4.74 Å². The number of ether oxygens (including phenoxy) is 1. The predicted molar refractivity (Wildman–Crippen MR) is 106 cm³/mol. The van der Waals surface area contributed by atoms with Crippen LogP contribution < -0.4 is 0 Å². The zero-order valence-corrected chi connectivity index (χ0v) is 17.1. The quantitative estimate of drug-likeness (QED) is 0.531. The van der Waals surface area contributed by atoms with Crippen molar-refractivity contribution in [2.24, 2.45) is 0 Å². The van der Waals surface area contributed by atoms with E-state index in [1.807, 2.05) is 0 Å². The van der Waals surface area contributed by atoms with Gasteiger partial charge in [0.1, 0.15) is 0 Å². The molecule has 0 aliphatic heterocycles. The molecule has 30 heavy (non-hydrogen) atoms. The minimum Gasteiger partial charge on any atom is -0.468 e. The van der Waals surface area contributed by atoms with Gasteiger partial charge in [-0.15, -0.1) is 0 Å². The van der Waals surface area contributed by atoms with E-state index in [1.54, 1.807) is 32.0 Å². The first-order valence-corrected chi connectivity index (χ1v) is 10.3. The maximum absolute atomic E-state index is 12.9. The highest BCUT2D eigenvalue weighted by atomic mass is 32.2. The average Bonchev–Trinajstić information content (AvgIpc) is 3.20. The zero-order chi connectivity index (χ0) is 22.4. The molecule has 1 aromatic heterocycles. The summed E-state index contributed by atoms with van der Waals surface area (Å²) in [4.78, 5) is 9.29. The Morgan fingerprint density at radius 3 is 2.27 bits per heavy atom. The summed E-state index contributed by atoms with van der Waals surface area (Å²) < 4.78 is 69.1. The number of rotatable bonds is 5. The molecule has 0 unspecified atom stereocenters. The number of aryl methyl sites for hydroxylation is 1. The van der Waals surface area contributed by atoms with E-state index >= 15 is 0 Å². The van der Waals surface area contributed by atoms with E-state index in [1.165, 1.54) is 36.7 Å². The van der Waals surface area contributed by atoms with Crippen molar-refractivity contribution in [2.75, 3.05) is 6.61 Å². The molecule has 0 atom stereocenters. The van der Waals surface area contributed by atoms with Crippen LogP contribution in [0.3, 0.4) is 0 Å². The molecule has 0 fully saturated rings. The molecule has 0 bridgehead atoms. The summed E-state index contributed by atoms with van der Waals surface area (Å²) in [7, 11) is -3.78. The third kappa shape index (κ3) is 5.50. The molecule has 5 nitrogen and oxygen atoms in total. The van der Waals surface area contributed by atoms with Gasteiger partial charge in [0.05, 0.1) is 17.1 Å². The Morgan fingerprint density at radius 2 is 1.73 bits per heavy atom. The maximum atomic E-state index is 12.9. The highest BCUT2D eigenvalue weighted by Crippen LogP contribution is 2.34. The molecule has 160 valence electrons. The first-order valence-electron chi connectivity index (χ1n) is 8.83. The van der Waals surface area contributed by atoms with Crippen LogP contribution in [0.15, 0.2) is 71.9 Å². The maximum Gasteiger partial charge on any atom is 0.416 e. The summed E-state index contributed by atoms with van der Waals surface area (Å²) in [5, 5.41) is 0. The monoisotopic (exact) mass is 439 g/mol. The number of aromatic nitrogens is 1. The number of nitrogens with zero attached hydrogens (tertiary/aromatic N) is 1. The fraction of sp³-hybridized carbons (Fsp3) is 0.190. The third-order valence-corrected chi connectivity index (χ3v) is 5.75. The topological polar surface area (TPSA) is 65.4 Å². The number of hydrogen-bond acceptors (Lipinski definition) is 4. The Labute approximate surface area is 172 Å². The normalized spacial score (nSPS) is 11.4. The van der Waals surface area contributed by atoms with Crippen molar-refractivity contribution in [2.45, 2.75) is 24.9 Å². The second-order valence-electron chi connectivity index (χ2n) is 6.13. The van der Waals surface area contributed by atoms with Crippen molar-refractivity contribution in [1.82, 2.24) is 3.97 Å². The second-order valence-corrected chi connectivity index (χ2v) is 7.97. The van der Waals surface area contributed by atoms with Crippen molar-refractivity contribution in [1.29, 1.82) is 0 Å². The Bertz CT molecular complexity index is 1090. The molecule has 2 aromatic carbocycles. The van der Waals surface area contributed by atoms with Crippen LogP contribution in [0, 0.1) is 6.92 Å². The Morgan fingerprint density at radius 1 is 1.07 bits per heavy atom.